The Hall–Kier alpha value is -4.83. The van der Waals surface area contributed by atoms with E-state index < -0.39 is 79.6 Å². The average molecular weight is 791 g/mol. The van der Waals surface area contributed by atoms with Gasteiger partial charge in [-0.15, -0.1) is 6.58 Å². The molecule has 5 atom stereocenters. The molecule has 7 rings (SSSR count). The topological polar surface area (TPSA) is 186 Å². The summed E-state index contributed by atoms with van der Waals surface area (Å²) >= 11 is 1.49. The van der Waals surface area contributed by atoms with Gasteiger partial charge in [0.1, 0.15) is 23.7 Å². The Kier molecular flexibility index (Phi) is 10.3. The number of carbonyl (C=O) groups excluding carboxylic acids is 4. The van der Waals surface area contributed by atoms with Crippen molar-refractivity contribution in [1.82, 2.24) is 30.0 Å². The van der Waals surface area contributed by atoms with Crippen molar-refractivity contribution in [2.75, 3.05) is 6.54 Å². The molecule has 292 valence electrons. The third-order valence-corrected chi connectivity index (χ3v) is 13.5. The lowest BCUT2D eigenvalue weighted by atomic mass is 9.85. The molecule has 1 aromatic carbocycles. The number of nitrogens with one attached hydrogen (secondary N) is 3. The first-order chi connectivity index (χ1) is 26.1. The first-order valence-corrected chi connectivity index (χ1v) is 21.1. The zero-order valence-corrected chi connectivity index (χ0v) is 32.7. The maximum atomic E-state index is 14.7. The second kappa shape index (κ2) is 14.7. The van der Waals surface area contributed by atoms with E-state index in [-0.39, 0.29) is 25.5 Å². The molecule has 4 amide bonds. The van der Waals surface area contributed by atoms with Crippen LogP contribution in [0.4, 0.5) is 4.79 Å². The monoisotopic (exact) mass is 790 g/mol. The lowest BCUT2D eigenvalue weighted by molar-refractivity contribution is -0.142. The van der Waals surface area contributed by atoms with Crippen LogP contribution in [0.5, 0.6) is 0 Å². The molecule has 4 aliphatic rings. The molecule has 0 unspecified atom stereocenters. The molecule has 0 bridgehead atoms. The van der Waals surface area contributed by atoms with Gasteiger partial charge in [0, 0.05) is 36.1 Å². The van der Waals surface area contributed by atoms with Crippen molar-refractivity contribution >= 4 is 45.2 Å². The number of alkyl carbamates (subject to hydrolysis) is 1. The molecular weight excluding hydrogens is 745 g/mol. The van der Waals surface area contributed by atoms with Gasteiger partial charge in [-0.2, -0.15) is 16.4 Å². The Balaban J connectivity index is 1.24. The van der Waals surface area contributed by atoms with E-state index in [1.165, 1.54) is 33.1 Å². The SMILES string of the molecule is C=C[C@@H]1C[C@]1(NC(=O)[C@@H]1C[C@@H](n2nc(-c3ccccc3)c(-c3ccsc3)cc2=O)CN1C(=O)[C@@H](NC(=O)OC1CCC1)C(C)(C)C)C(=O)NS(=O)(=O)C1CC1. The van der Waals surface area contributed by atoms with Crippen molar-refractivity contribution in [3.63, 3.8) is 0 Å². The molecule has 4 fully saturated rings. The lowest BCUT2D eigenvalue weighted by Gasteiger charge is -2.36. The Labute approximate surface area is 323 Å². The minimum atomic E-state index is -3.93. The number of benzene rings is 1. The van der Waals surface area contributed by atoms with Gasteiger partial charge in [0.05, 0.1) is 17.0 Å². The number of rotatable bonds is 12. The lowest BCUT2D eigenvalue weighted by Crippen LogP contribution is -2.60. The van der Waals surface area contributed by atoms with Crippen molar-refractivity contribution in [3.05, 3.63) is 76.2 Å². The molecular formula is C39H46N6O8S2. The number of aromatic nitrogens is 2. The summed E-state index contributed by atoms with van der Waals surface area (Å²) in [6, 6.07) is 9.63. The third kappa shape index (κ3) is 7.83. The van der Waals surface area contributed by atoms with E-state index in [0.29, 0.717) is 24.1 Å². The van der Waals surface area contributed by atoms with E-state index in [4.69, 9.17) is 9.84 Å². The molecule has 3 heterocycles. The highest BCUT2D eigenvalue weighted by molar-refractivity contribution is 7.91. The van der Waals surface area contributed by atoms with Crippen LogP contribution in [-0.4, -0.2) is 82.4 Å². The molecule has 3 N–H and O–H groups in total. The minimum absolute atomic E-state index is 0.0588. The molecule has 3 aromatic rings. The van der Waals surface area contributed by atoms with E-state index in [1.807, 2.05) is 47.2 Å². The summed E-state index contributed by atoms with van der Waals surface area (Å²) in [5.41, 5.74) is -0.121. The molecule has 0 spiro atoms. The number of ether oxygens (including phenoxy) is 1. The van der Waals surface area contributed by atoms with Crippen molar-refractivity contribution in [1.29, 1.82) is 0 Å². The second-order valence-corrected chi connectivity index (χ2v) is 18.8. The van der Waals surface area contributed by atoms with E-state index in [9.17, 15) is 32.4 Å². The first-order valence-electron chi connectivity index (χ1n) is 18.6. The summed E-state index contributed by atoms with van der Waals surface area (Å²) in [4.78, 5) is 71.0. The summed E-state index contributed by atoms with van der Waals surface area (Å²) in [6.45, 7) is 8.99. The quantitative estimate of drug-likeness (QED) is 0.227. The van der Waals surface area contributed by atoms with Gasteiger partial charge in [-0.3, -0.25) is 23.9 Å². The van der Waals surface area contributed by atoms with E-state index in [2.05, 4.69) is 21.9 Å². The zero-order valence-electron chi connectivity index (χ0n) is 31.0. The third-order valence-electron chi connectivity index (χ3n) is 11.0. The molecule has 3 aliphatic carbocycles. The Morgan fingerprint density at radius 3 is 2.38 bits per heavy atom. The minimum Gasteiger partial charge on any atom is -0.446 e. The normalized spacial score (nSPS) is 24.3. The van der Waals surface area contributed by atoms with Crippen LogP contribution in [0, 0.1) is 11.3 Å². The molecule has 55 heavy (non-hydrogen) atoms. The first kappa shape index (κ1) is 38.4. The fraction of sp³-hybridized carbons (Fsp3) is 0.487. The molecule has 14 nitrogen and oxygen atoms in total. The van der Waals surface area contributed by atoms with Crippen molar-refractivity contribution in [2.24, 2.45) is 11.3 Å². The van der Waals surface area contributed by atoms with Crippen LogP contribution >= 0.6 is 11.3 Å². The Morgan fingerprint density at radius 1 is 1.07 bits per heavy atom. The van der Waals surface area contributed by atoms with Crippen LogP contribution in [0.3, 0.4) is 0 Å². The number of amides is 4. The van der Waals surface area contributed by atoms with Crippen molar-refractivity contribution in [3.8, 4) is 22.4 Å². The highest BCUT2D eigenvalue weighted by atomic mass is 32.2. The summed E-state index contributed by atoms with van der Waals surface area (Å²) in [6.07, 6.45) is 3.86. The number of sulfonamides is 1. The fourth-order valence-corrected chi connectivity index (χ4v) is 9.31. The van der Waals surface area contributed by atoms with Gasteiger partial charge in [0.25, 0.3) is 11.5 Å². The van der Waals surface area contributed by atoms with Crippen molar-refractivity contribution < 1.29 is 32.3 Å². The highest BCUT2D eigenvalue weighted by Gasteiger charge is 2.62. The van der Waals surface area contributed by atoms with E-state index >= 15 is 0 Å². The summed E-state index contributed by atoms with van der Waals surface area (Å²) < 4.78 is 34.5. The number of nitrogens with zero attached hydrogens (tertiary/aromatic N) is 3. The molecule has 0 radical (unpaired) electrons. The summed E-state index contributed by atoms with van der Waals surface area (Å²) in [5.74, 6) is -2.72. The van der Waals surface area contributed by atoms with Gasteiger partial charge >= 0.3 is 6.09 Å². The molecule has 1 saturated heterocycles. The largest absolute Gasteiger partial charge is 0.446 e. The fourth-order valence-electron chi connectivity index (χ4n) is 7.29. The second-order valence-electron chi connectivity index (χ2n) is 16.0. The van der Waals surface area contributed by atoms with E-state index in [1.54, 1.807) is 20.8 Å². The Morgan fingerprint density at radius 2 is 1.80 bits per heavy atom. The van der Waals surface area contributed by atoms with Gasteiger partial charge in [0.15, 0.2) is 0 Å². The predicted molar refractivity (Wildman–Crippen MR) is 206 cm³/mol. The van der Waals surface area contributed by atoms with Gasteiger partial charge in [-0.05, 0) is 66.3 Å². The number of carbonyl (C=O) groups is 4. The van der Waals surface area contributed by atoms with Gasteiger partial charge in [-0.25, -0.2) is 17.9 Å². The van der Waals surface area contributed by atoms with Crippen LogP contribution in [-0.2, 0) is 29.1 Å². The van der Waals surface area contributed by atoms with Crippen LogP contribution < -0.4 is 20.9 Å². The number of likely N-dealkylation sites (tertiary alicyclic amines) is 1. The molecule has 16 heteroatoms. The van der Waals surface area contributed by atoms with Crippen LogP contribution in [0.1, 0.15) is 71.8 Å². The zero-order chi connectivity index (χ0) is 39.3. The molecule has 2 aromatic heterocycles. The Bertz CT molecular complexity index is 2160. The number of thiophene rings is 1. The van der Waals surface area contributed by atoms with Crippen LogP contribution in [0.2, 0.25) is 0 Å². The maximum Gasteiger partial charge on any atom is 0.408 e. The predicted octanol–water partition coefficient (Wildman–Crippen LogP) is 4.14. The van der Waals surface area contributed by atoms with Crippen LogP contribution in [0.15, 0.2) is 70.7 Å². The van der Waals surface area contributed by atoms with Gasteiger partial charge < -0.3 is 20.3 Å². The molecule has 1 aliphatic heterocycles. The van der Waals surface area contributed by atoms with Crippen LogP contribution in [0.25, 0.3) is 22.4 Å². The van der Waals surface area contributed by atoms with Crippen molar-refractivity contribution in [2.45, 2.75) is 101 Å². The number of hydrogen-bond acceptors (Lipinski definition) is 10. The maximum absolute atomic E-state index is 14.7. The van der Waals surface area contributed by atoms with Gasteiger partial charge in [-0.1, -0.05) is 57.2 Å². The smallest absolute Gasteiger partial charge is 0.408 e. The highest BCUT2D eigenvalue weighted by Crippen LogP contribution is 2.46. The standard InChI is InChI=1S/C39H46N6O8S2/c1-5-25-20-39(25,36(49)43-55(51,52)28-14-15-28)41-34(47)30-18-26(21-44(30)35(48)33(38(2,3)4)40-37(50)53-27-12-9-13-27)45-31(46)19-29(24-16-17-54-22-24)32(42-45)23-10-7-6-8-11-23/h5-8,10-11,16-17,19,22,25-28,30,33H,1,9,12-15,18,20-21H2,2-4H3,(H,40,50)(H,41,47)(H,43,49)/t25-,26-,30+,33-,39-/m1/s1. The summed E-state index contributed by atoms with van der Waals surface area (Å²) in [7, 11) is -3.93. The number of hydrogen-bond donors (Lipinski definition) is 3. The molecule has 3 saturated carbocycles. The van der Waals surface area contributed by atoms with E-state index in [0.717, 1.165) is 30.4 Å². The summed E-state index contributed by atoms with van der Waals surface area (Å²) in [5, 5.41) is 13.6. The average Bonchev–Trinajstić information content (AvgIpc) is 3.99. The van der Waals surface area contributed by atoms with Gasteiger partial charge in [0.2, 0.25) is 21.8 Å².